The van der Waals surface area contributed by atoms with Crippen LogP contribution in [0.1, 0.15) is 45.4 Å². The van der Waals surface area contributed by atoms with Crippen LogP contribution in [0.2, 0.25) is 0 Å². The van der Waals surface area contributed by atoms with Gasteiger partial charge >= 0.3 is 0 Å². The zero-order chi connectivity index (χ0) is 11.1. The lowest BCUT2D eigenvalue weighted by molar-refractivity contribution is 0.434. The molecule has 0 saturated carbocycles. The summed E-state index contributed by atoms with van der Waals surface area (Å²) in [6.07, 6.45) is 8.87. The SMILES string of the molecule is CCCC(CCC)NCc1nccn1C. The molecule has 1 aromatic rings. The number of hydrogen-bond acceptors (Lipinski definition) is 2. The van der Waals surface area contributed by atoms with Gasteiger partial charge in [-0.1, -0.05) is 26.7 Å². The molecule has 0 bridgehead atoms. The first kappa shape index (κ1) is 12.2. The lowest BCUT2D eigenvalue weighted by Gasteiger charge is -2.16. The Hall–Kier alpha value is -0.830. The summed E-state index contributed by atoms with van der Waals surface area (Å²) in [5.41, 5.74) is 0. The van der Waals surface area contributed by atoms with Crippen LogP contribution in [0.5, 0.6) is 0 Å². The Bertz CT molecular complexity index is 262. The molecule has 0 spiro atoms. The molecular weight excluding hydrogens is 186 g/mol. The van der Waals surface area contributed by atoms with E-state index < -0.39 is 0 Å². The number of nitrogens with zero attached hydrogens (tertiary/aromatic N) is 2. The fourth-order valence-electron chi connectivity index (χ4n) is 1.85. The summed E-state index contributed by atoms with van der Waals surface area (Å²) in [7, 11) is 2.04. The average molecular weight is 209 g/mol. The van der Waals surface area contributed by atoms with Crippen molar-refractivity contribution in [2.24, 2.45) is 7.05 Å². The zero-order valence-electron chi connectivity index (χ0n) is 10.2. The smallest absolute Gasteiger partial charge is 0.122 e. The maximum absolute atomic E-state index is 4.31. The van der Waals surface area contributed by atoms with Crippen molar-refractivity contribution in [1.82, 2.24) is 14.9 Å². The molecule has 0 aliphatic rings. The van der Waals surface area contributed by atoms with Gasteiger partial charge in [-0.15, -0.1) is 0 Å². The summed E-state index contributed by atoms with van der Waals surface area (Å²) in [6, 6.07) is 0.650. The average Bonchev–Trinajstić information content (AvgIpc) is 2.61. The van der Waals surface area contributed by atoms with Gasteiger partial charge in [-0.25, -0.2) is 4.98 Å². The third kappa shape index (κ3) is 4.04. The van der Waals surface area contributed by atoms with Crippen molar-refractivity contribution in [1.29, 1.82) is 0 Å². The first-order valence-corrected chi connectivity index (χ1v) is 5.97. The molecule has 0 atom stereocenters. The summed E-state index contributed by atoms with van der Waals surface area (Å²) in [5.74, 6) is 1.12. The Morgan fingerprint density at radius 2 is 2.00 bits per heavy atom. The van der Waals surface area contributed by atoms with Crippen molar-refractivity contribution in [3.63, 3.8) is 0 Å². The highest BCUT2D eigenvalue weighted by Crippen LogP contribution is 2.05. The molecule has 3 nitrogen and oxygen atoms in total. The second-order valence-electron chi connectivity index (χ2n) is 4.11. The first-order valence-electron chi connectivity index (χ1n) is 5.97. The molecular formula is C12H23N3. The molecule has 15 heavy (non-hydrogen) atoms. The summed E-state index contributed by atoms with van der Waals surface area (Å²) in [6.45, 7) is 5.37. The number of rotatable bonds is 7. The molecule has 0 unspecified atom stereocenters. The molecule has 0 fully saturated rings. The number of aryl methyl sites for hydroxylation is 1. The normalized spacial score (nSPS) is 11.2. The van der Waals surface area contributed by atoms with Gasteiger partial charge in [0.25, 0.3) is 0 Å². The van der Waals surface area contributed by atoms with Crippen LogP contribution in [0.3, 0.4) is 0 Å². The fraction of sp³-hybridized carbons (Fsp3) is 0.750. The topological polar surface area (TPSA) is 29.9 Å². The predicted molar refractivity (Wildman–Crippen MR) is 63.7 cm³/mol. The van der Waals surface area contributed by atoms with Crippen LogP contribution in [0.25, 0.3) is 0 Å². The molecule has 0 aromatic carbocycles. The summed E-state index contributed by atoms with van der Waals surface area (Å²) in [5, 5.41) is 3.58. The fourth-order valence-corrected chi connectivity index (χ4v) is 1.85. The Labute approximate surface area is 92.9 Å². The standard InChI is InChI=1S/C12H23N3/c1-4-6-11(7-5-2)14-10-12-13-8-9-15(12)3/h8-9,11,14H,4-7,10H2,1-3H3. The minimum absolute atomic E-state index is 0.650. The number of imidazole rings is 1. The van der Waals surface area contributed by atoms with E-state index in [2.05, 4.69) is 28.7 Å². The van der Waals surface area contributed by atoms with Crippen molar-refractivity contribution in [2.45, 2.75) is 52.1 Å². The van der Waals surface area contributed by atoms with Crippen molar-refractivity contribution >= 4 is 0 Å². The molecule has 3 heteroatoms. The highest BCUT2D eigenvalue weighted by molar-refractivity contribution is 4.90. The summed E-state index contributed by atoms with van der Waals surface area (Å²) < 4.78 is 2.07. The molecule has 0 saturated heterocycles. The van der Waals surface area contributed by atoms with Gasteiger partial charge in [0.15, 0.2) is 0 Å². The molecule has 1 rings (SSSR count). The van der Waals surface area contributed by atoms with Crippen LogP contribution in [0.15, 0.2) is 12.4 Å². The quantitative estimate of drug-likeness (QED) is 0.747. The monoisotopic (exact) mass is 209 g/mol. The van der Waals surface area contributed by atoms with E-state index in [4.69, 9.17) is 0 Å². The van der Waals surface area contributed by atoms with E-state index >= 15 is 0 Å². The summed E-state index contributed by atoms with van der Waals surface area (Å²) in [4.78, 5) is 4.31. The van der Waals surface area contributed by atoms with E-state index in [-0.39, 0.29) is 0 Å². The Balaban J connectivity index is 2.36. The van der Waals surface area contributed by atoms with Crippen LogP contribution < -0.4 is 5.32 Å². The van der Waals surface area contributed by atoms with E-state index in [0.29, 0.717) is 6.04 Å². The minimum atomic E-state index is 0.650. The maximum atomic E-state index is 4.31. The van der Waals surface area contributed by atoms with Gasteiger partial charge in [0.05, 0.1) is 6.54 Å². The van der Waals surface area contributed by atoms with Crippen molar-refractivity contribution < 1.29 is 0 Å². The van der Waals surface area contributed by atoms with E-state index in [9.17, 15) is 0 Å². The van der Waals surface area contributed by atoms with E-state index in [0.717, 1.165) is 12.4 Å². The third-order valence-electron chi connectivity index (χ3n) is 2.74. The highest BCUT2D eigenvalue weighted by Gasteiger charge is 2.07. The van der Waals surface area contributed by atoms with Gasteiger partial charge in [-0.05, 0) is 12.8 Å². The van der Waals surface area contributed by atoms with Gasteiger partial charge in [0, 0.05) is 25.5 Å². The molecule has 86 valence electrons. The molecule has 0 radical (unpaired) electrons. The Morgan fingerprint density at radius 3 is 2.47 bits per heavy atom. The molecule has 1 N–H and O–H groups in total. The van der Waals surface area contributed by atoms with E-state index in [1.165, 1.54) is 25.7 Å². The Kier molecular flexibility index (Phi) is 5.40. The lowest BCUT2D eigenvalue weighted by atomic mass is 10.1. The van der Waals surface area contributed by atoms with Crippen molar-refractivity contribution in [3.8, 4) is 0 Å². The van der Waals surface area contributed by atoms with E-state index in [1.807, 2.05) is 19.4 Å². The largest absolute Gasteiger partial charge is 0.337 e. The first-order chi connectivity index (χ1) is 7.27. The van der Waals surface area contributed by atoms with E-state index in [1.54, 1.807) is 0 Å². The van der Waals surface area contributed by atoms with Gasteiger partial charge in [0.2, 0.25) is 0 Å². The van der Waals surface area contributed by atoms with Crippen LogP contribution >= 0.6 is 0 Å². The number of aromatic nitrogens is 2. The second kappa shape index (κ2) is 6.62. The van der Waals surface area contributed by atoms with Gasteiger partial charge in [-0.3, -0.25) is 0 Å². The number of hydrogen-bond donors (Lipinski definition) is 1. The minimum Gasteiger partial charge on any atom is -0.337 e. The lowest BCUT2D eigenvalue weighted by Crippen LogP contribution is -2.29. The molecule has 1 heterocycles. The molecule has 0 aliphatic carbocycles. The van der Waals surface area contributed by atoms with Crippen molar-refractivity contribution in [3.05, 3.63) is 18.2 Å². The highest BCUT2D eigenvalue weighted by atomic mass is 15.1. The van der Waals surface area contributed by atoms with Crippen LogP contribution in [0, 0.1) is 0 Å². The predicted octanol–water partition coefficient (Wildman–Crippen LogP) is 2.48. The van der Waals surface area contributed by atoms with Crippen LogP contribution in [0.4, 0.5) is 0 Å². The second-order valence-corrected chi connectivity index (χ2v) is 4.11. The van der Waals surface area contributed by atoms with Crippen LogP contribution in [-0.4, -0.2) is 15.6 Å². The van der Waals surface area contributed by atoms with Gasteiger partial charge < -0.3 is 9.88 Å². The molecule has 0 aliphatic heterocycles. The van der Waals surface area contributed by atoms with Crippen molar-refractivity contribution in [2.75, 3.05) is 0 Å². The summed E-state index contributed by atoms with van der Waals surface area (Å²) >= 11 is 0. The van der Waals surface area contributed by atoms with Gasteiger partial charge in [0.1, 0.15) is 5.82 Å². The zero-order valence-corrected chi connectivity index (χ0v) is 10.2. The van der Waals surface area contributed by atoms with Crippen LogP contribution in [-0.2, 0) is 13.6 Å². The maximum Gasteiger partial charge on any atom is 0.122 e. The van der Waals surface area contributed by atoms with Gasteiger partial charge in [-0.2, -0.15) is 0 Å². The third-order valence-corrected chi connectivity index (χ3v) is 2.74. The molecule has 0 amide bonds. The number of nitrogens with one attached hydrogen (secondary N) is 1. The Morgan fingerprint density at radius 1 is 1.33 bits per heavy atom. The molecule has 1 aromatic heterocycles.